The van der Waals surface area contributed by atoms with Crippen molar-refractivity contribution in [2.45, 2.75) is 63.7 Å². The van der Waals surface area contributed by atoms with Gasteiger partial charge < -0.3 is 20.1 Å². The maximum Gasteiger partial charge on any atom is 0.408 e. The van der Waals surface area contributed by atoms with Crippen LogP contribution in [-0.4, -0.2) is 64.7 Å². The van der Waals surface area contributed by atoms with Crippen molar-refractivity contribution in [1.82, 2.24) is 15.1 Å². The number of piperazine rings is 1. The van der Waals surface area contributed by atoms with Gasteiger partial charge in [-0.3, -0.25) is 9.69 Å². The predicted molar refractivity (Wildman–Crippen MR) is 163 cm³/mol. The van der Waals surface area contributed by atoms with Crippen LogP contribution < -0.4 is 10.1 Å². The Bertz CT molecular complexity index is 1620. The number of nitrogens with zero attached hydrogens (tertiary/aromatic N) is 2. The van der Waals surface area contributed by atoms with Crippen molar-refractivity contribution in [3.8, 4) is 5.75 Å². The first kappa shape index (κ1) is 30.7. The minimum atomic E-state index is -1.34. The summed E-state index contributed by atoms with van der Waals surface area (Å²) < 4.78 is 46.4. The maximum atomic E-state index is 14.5. The average Bonchev–Trinajstić information content (AvgIpc) is 3.87. The second-order valence-corrected chi connectivity index (χ2v) is 12.0. The molecule has 3 aromatic rings. The van der Waals surface area contributed by atoms with E-state index in [-0.39, 0.29) is 24.6 Å². The first-order chi connectivity index (χ1) is 21.7. The van der Waals surface area contributed by atoms with Crippen molar-refractivity contribution in [1.29, 1.82) is 0 Å². The molecule has 3 aromatic carbocycles. The predicted octanol–water partition coefficient (Wildman–Crippen LogP) is 6.09. The van der Waals surface area contributed by atoms with Crippen molar-refractivity contribution in [2.75, 3.05) is 19.7 Å². The summed E-state index contributed by atoms with van der Waals surface area (Å²) in [6.45, 7) is 3.37. The van der Waals surface area contributed by atoms with Gasteiger partial charge in [-0.1, -0.05) is 48.5 Å². The zero-order valence-corrected chi connectivity index (χ0v) is 25.1. The molecule has 3 aliphatic rings. The van der Waals surface area contributed by atoms with Crippen LogP contribution in [0.4, 0.5) is 18.0 Å². The summed E-state index contributed by atoms with van der Waals surface area (Å²) in [6.07, 6.45) is 2.23. The fraction of sp³-hybridized carbons (Fsp3) is 0.371. The van der Waals surface area contributed by atoms with Gasteiger partial charge in [-0.15, -0.1) is 0 Å². The van der Waals surface area contributed by atoms with Crippen LogP contribution in [0.5, 0.6) is 5.75 Å². The van der Waals surface area contributed by atoms with Crippen LogP contribution in [0.15, 0.2) is 66.2 Å². The van der Waals surface area contributed by atoms with Gasteiger partial charge in [-0.25, -0.2) is 13.6 Å². The number of amides is 2. The largest absolute Gasteiger partial charge is 0.488 e. The van der Waals surface area contributed by atoms with Crippen molar-refractivity contribution >= 4 is 17.6 Å². The molecule has 2 amide bonds. The van der Waals surface area contributed by atoms with Gasteiger partial charge in [0.2, 0.25) is 5.82 Å². The molecular weight excluding hydrogens is 583 g/mol. The van der Waals surface area contributed by atoms with E-state index in [4.69, 9.17) is 4.74 Å². The number of carbonyl (C=O) groups excluding carboxylic acids is 1. The van der Waals surface area contributed by atoms with Gasteiger partial charge in [-0.05, 0) is 79.0 Å². The van der Waals surface area contributed by atoms with Crippen LogP contribution >= 0.6 is 0 Å². The molecular formula is C35H36F3N3O4. The molecule has 45 heavy (non-hydrogen) atoms. The number of benzene rings is 3. The van der Waals surface area contributed by atoms with Gasteiger partial charge >= 0.3 is 6.09 Å². The molecule has 0 aromatic heterocycles. The van der Waals surface area contributed by atoms with E-state index in [9.17, 15) is 27.9 Å². The Morgan fingerprint density at radius 3 is 2.44 bits per heavy atom. The lowest BCUT2D eigenvalue weighted by Crippen LogP contribution is -2.63. The summed E-state index contributed by atoms with van der Waals surface area (Å²) in [5.41, 5.74) is 5.41. The molecule has 0 unspecified atom stereocenters. The summed E-state index contributed by atoms with van der Waals surface area (Å²) in [7, 11) is 0. The van der Waals surface area contributed by atoms with Gasteiger partial charge in [0.15, 0.2) is 17.4 Å². The molecule has 236 valence electrons. The standard InChI is InChI=1S/C35H36F3N3O4/c1-21-5-2-3-7-24(21)20-40(25-12-13-25)34(42)31-27(17-26-18-39-19-30(31)41(26)35(43)44)23-10-8-22(9-11-23)6-4-16-45-33-29(37)15-14-28(36)32(33)38/h2-3,5,7-11,14-15,25-26,30,39H,4,6,12-13,16-20H2,1H3,(H,43,44)/t26-,30-/m1/s1. The van der Waals surface area contributed by atoms with Crippen molar-refractivity contribution in [3.63, 3.8) is 0 Å². The van der Waals surface area contributed by atoms with Crippen LogP contribution in [0.2, 0.25) is 0 Å². The van der Waals surface area contributed by atoms with E-state index in [1.54, 1.807) is 0 Å². The molecule has 0 radical (unpaired) electrons. The van der Waals surface area contributed by atoms with Crippen LogP contribution in [0.3, 0.4) is 0 Å². The summed E-state index contributed by atoms with van der Waals surface area (Å²) in [5.74, 6) is -4.30. The highest BCUT2D eigenvalue weighted by molar-refractivity contribution is 6.04. The molecule has 2 N–H and O–H groups in total. The van der Waals surface area contributed by atoms with Gasteiger partial charge in [0.05, 0.1) is 18.7 Å². The molecule has 2 heterocycles. The first-order valence-electron chi connectivity index (χ1n) is 15.4. The summed E-state index contributed by atoms with van der Waals surface area (Å²) >= 11 is 0. The lowest BCUT2D eigenvalue weighted by Gasteiger charge is -2.47. The summed E-state index contributed by atoms with van der Waals surface area (Å²) in [6, 6.07) is 16.6. The lowest BCUT2D eigenvalue weighted by molar-refractivity contribution is -0.129. The molecule has 2 fully saturated rings. The number of carboxylic acid groups (broad SMARTS) is 1. The highest BCUT2D eigenvalue weighted by Crippen LogP contribution is 2.40. The van der Waals surface area contributed by atoms with E-state index in [0.717, 1.165) is 52.8 Å². The van der Waals surface area contributed by atoms with Crippen molar-refractivity contribution < 1.29 is 32.6 Å². The highest BCUT2D eigenvalue weighted by Gasteiger charge is 2.46. The lowest BCUT2D eigenvalue weighted by atomic mass is 9.81. The smallest absolute Gasteiger partial charge is 0.408 e. The number of hydrogen-bond donors (Lipinski definition) is 2. The van der Waals surface area contributed by atoms with E-state index in [1.165, 1.54) is 4.90 Å². The number of halogens is 3. The highest BCUT2D eigenvalue weighted by atomic mass is 19.2. The van der Waals surface area contributed by atoms with Crippen LogP contribution in [0, 0.1) is 24.4 Å². The number of aryl methyl sites for hydroxylation is 2. The van der Waals surface area contributed by atoms with E-state index >= 15 is 0 Å². The van der Waals surface area contributed by atoms with E-state index in [1.807, 2.05) is 60.4 Å². The number of nitrogens with one attached hydrogen (secondary N) is 1. The number of hydrogen-bond acceptors (Lipinski definition) is 4. The van der Waals surface area contributed by atoms with Gasteiger partial charge in [-0.2, -0.15) is 4.39 Å². The molecule has 2 atom stereocenters. The third kappa shape index (κ3) is 6.42. The van der Waals surface area contributed by atoms with Gasteiger partial charge in [0.1, 0.15) is 0 Å². The Hall–Kier alpha value is -4.31. The maximum absolute atomic E-state index is 14.5. The molecule has 2 aliphatic heterocycles. The van der Waals surface area contributed by atoms with Crippen LogP contribution in [0.25, 0.3) is 5.57 Å². The third-order valence-corrected chi connectivity index (χ3v) is 9.01. The van der Waals surface area contributed by atoms with Crippen LogP contribution in [0.1, 0.15) is 47.9 Å². The zero-order valence-electron chi connectivity index (χ0n) is 25.1. The van der Waals surface area contributed by atoms with Crippen molar-refractivity contribution in [2.24, 2.45) is 0 Å². The van der Waals surface area contributed by atoms with Gasteiger partial charge in [0, 0.05) is 31.2 Å². The average molecular weight is 620 g/mol. The Morgan fingerprint density at radius 1 is 1.00 bits per heavy atom. The molecule has 10 heteroatoms. The second-order valence-electron chi connectivity index (χ2n) is 12.0. The minimum absolute atomic E-state index is 0.00210. The van der Waals surface area contributed by atoms with Crippen LogP contribution in [-0.2, 0) is 17.8 Å². The third-order valence-electron chi connectivity index (χ3n) is 9.01. The van der Waals surface area contributed by atoms with E-state index in [0.29, 0.717) is 44.5 Å². The number of ether oxygens (including phenoxy) is 1. The van der Waals surface area contributed by atoms with E-state index in [2.05, 4.69) is 5.32 Å². The normalized spacial score (nSPS) is 19.4. The molecule has 0 spiro atoms. The van der Waals surface area contributed by atoms with E-state index < -0.39 is 35.3 Å². The second kappa shape index (κ2) is 13.0. The fourth-order valence-corrected chi connectivity index (χ4v) is 6.47. The molecule has 7 nitrogen and oxygen atoms in total. The number of carbonyl (C=O) groups is 2. The fourth-order valence-electron chi connectivity index (χ4n) is 6.47. The Labute approximate surface area is 260 Å². The summed E-state index contributed by atoms with van der Waals surface area (Å²) in [4.78, 5) is 30.3. The first-order valence-corrected chi connectivity index (χ1v) is 15.4. The number of fused-ring (bicyclic) bond motifs is 2. The summed E-state index contributed by atoms with van der Waals surface area (Å²) in [5, 5.41) is 13.5. The minimum Gasteiger partial charge on any atom is -0.488 e. The molecule has 1 saturated carbocycles. The molecule has 1 aliphatic carbocycles. The zero-order chi connectivity index (χ0) is 31.7. The Kier molecular flexibility index (Phi) is 8.85. The quantitative estimate of drug-likeness (QED) is 0.212. The monoisotopic (exact) mass is 619 g/mol. The molecule has 1 saturated heterocycles. The number of rotatable bonds is 10. The SMILES string of the molecule is Cc1ccccc1CN(C(=O)C1=C(c2ccc(CCCOc3c(F)ccc(F)c3F)cc2)C[C@@H]2CNC[C@H]1N2C(=O)O)C1CC1. The van der Waals surface area contributed by atoms with Gasteiger partial charge in [0.25, 0.3) is 5.91 Å². The Balaban J connectivity index is 1.25. The van der Waals surface area contributed by atoms with Crippen molar-refractivity contribution in [3.05, 3.63) is 106 Å². The Morgan fingerprint density at radius 2 is 1.73 bits per heavy atom. The molecule has 6 rings (SSSR count). The topological polar surface area (TPSA) is 82.1 Å². The molecule has 2 bridgehead atoms.